The molecule has 112 valence electrons. The summed E-state index contributed by atoms with van der Waals surface area (Å²) in [4.78, 5) is 1.81. The number of fused-ring (bicyclic) bond motifs is 3. The molecule has 1 heteroatoms. The lowest BCUT2D eigenvalue weighted by molar-refractivity contribution is -0.920. The van der Waals surface area contributed by atoms with Gasteiger partial charge in [-0.3, -0.25) is 0 Å². The maximum Gasteiger partial charge on any atom is 0.0837 e. The maximum atomic E-state index is 2.58. The number of piperidine rings is 3. The summed E-state index contributed by atoms with van der Waals surface area (Å²) in [5.74, 6) is 1.65. The number of hydrogen-bond acceptors (Lipinski definition) is 0. The van der Waals surface area contributed by atoms with Crippen molar-refractivity contribution in [2.24, 2.45) is 11.8 Å². The van der Waals surface area contributed by atoms with E-state index < -0.39 is 0 Å². The first kappa shape index (κ1) is 13.8. The zero-order chi connectivity index (χ0) is 14.8. The SMILES string of the molecule is C(=C(c1ccccc1)c1ccccc1)[C@H]1C[NH+]2CCC1CC2. The van der Waals surface area contributed by atoms with Crippen LogP contribution in [0.15, 0.2) is 66.7 Å². The Morgan fingerprint density at radius 2 is 1.36 bits per heavy atom. The molecule has 0 aliphatic carbocycles. The van der Waals surface area contributed by atoms with Gasteiger partial charge in [-0.2, -0.15) is 0 Å². The number of nitrogens with one attached hydrogen (secondary N) is 1. The van der Waals surface area contributed by atoms with E-state index in [2.05, 4.69) is 66.7 Å². The van der Waals surface area contributed by atoms with Crippen LogP contribution < -0.4 is 4.90 Å². The van der Waals surface area contributed by atoms with E-state index in [-0.39, 0.29) is 0 Å². The van der Waals surface area contributed by atoms with Crippen molar-refractivity contribution in [1.29, 1.82) is 0 Å². The summed E-state index contributed by atoms with van der Waals surface area (Å²) < 4.78 is 0. The second kappa shape index (κ2) is 6.10. The van der Waals surface area contributed by atoms with E-state index in [0.29, 0.717) is 0 Å². The molecular weight excluding hydrogens is 266 g/mol. The molecule has 3 saturated heterocycles. The Morgan fingerprint density at radius 1 is 0.818 bits per heavy atom. The maximum absolute atomic E-state index is 2.58. The molecule has 3 aliphatic heterocycles. The van der Waals surface area contributed by atoms with Gasteiger partial charge in [-0.1, -0.05) is 66.7 Å². The van der Waals surface area contributed by atoms with Crippen LogP contribution in [0.25, 0.3) is 5.57 Å². The minimum Gasteiger partial charge on any atom is -0.334 e. The molecule has 0 amide bonds. The van der Waals surface area contributed by atoms with Crippen LogP contribution in [0.1, 0.15) is 24.0 Å². The second-order valence-electron chi connectivity index (χ2n) is 6.77. The van der Waals surface area contributed by atoms with Crippen molar-refractivity contribution in [2.75, 3.05) is 19.6 Å². The standard InChI is InChI=1S/C21H23N/c1-3-7-18(8-4-1)21(19-9-5-2-6-10-19)15-20-16-22-13-11-17(20)12-14-22/h1-10,15,17,20H,11-14,16H2/p+1/t20-/m0/s1. The molecule has 3 heterocycles. The van der Waals surface area contributed by atoms with Crippen molar-refractivity contribution in [1.82, 2.24) is 0 Å². The third-order valence-corrected chi connectivity index (χ3v) is 5.42. The molecule has 2 bridgehead atoms. The molecule has 0 saturated carbocycles. The third kappa shape index (κ3) is 2.74. The Labute approximate surface area is 133 Å². The molecule has 0 aromatic heterocycles. The predicted molar refractivity (Wildman–Crippen MR) is 91.7 cm³/mol. The van der Waals surface area contributed by atoms with Gasteiger partial charge in [0.05, 0.1) is 19.6 Å². The highest BCUT2D eigenvalue weighted by atomic mass is 15.1. The summed E-state index contributed by atoms with van der Waals surface area (Å²) in [5, 5.41) is 0. The van der Waals surface area contributed by atoms with E-state index in [9.17, 15) is 0 Å². The molecule has 0 radical (unpaired) electrons. The van der Waals surface area contributed by atoms with Crippen LogP contribution in [0.5, 0.6) is 0 Å². The van der Waals surface area contributed by atoms with Crippen LogP contribution >= 0.6 is 0 Å². The van der Waals surface area contributed by atoms with Crippen molar-refractivity contribution < 1.29 is 4.90 Å². The van der Waals surface area contributed by atoms with E-state index in [0.717, 1.165) is 11.8 Å². The molecular formula is C21H24N+. The van der Waals surface area contributed by atoms with E-state index in [4.69, 9.17) is 0 Å². The lowest BCUT2D eigenvalue weighted by Gasteiger charge is -2.41. The molecule has 3 fully saturated rings. The highest BCUT2D eigenvalue weighted by Crippen LogP contribution is 2.31. The van der Waals surface area contributed by atoms with E-state index >= 15 is 0 Å². The zero-order valence-corrected chi connectivity index (χ0v) is 13.0. The van der Waals surface area contributed by atoms with Crippen LogP contribution in [0.2, 0.25) is 0 Å². The third-order valence-electron chi connectivity index (χ3n) is 5.42. The van der Waals surface area contributed by atoms with Crippen molar-refractivity contribution in [3.8, 4) is 0 Å². The normalized spacial score (nSPS) is 26.6. The van der Waals surface area contributed by atoms with E-state index in [1.807, 2.05) is 4.90 Å². The summed E-state index contributed by atoms with van der Waals surface area (Å²) >= 11 is 0. The fraction of sp³-hybridized carbons (Fsp3) is 0.333. The fourth-order valence-corrected chi connectivity index (χ4v) is 4.18. The average molecular weight is 290 g/mol. The molecule has 2 aromatic rings. The van der Waals surface area contributed by atoms with Crippen LogP contribution in [0, 0.1) is 11.8 Å². The van der Waals surface area contributed by atoms with Crippen molar-refractivity contribution >= 4 is 5.57 Å². The fourth-order valence-electron chi connectivity index (χ4n) is 4.18. The Balaban J connectivity index is 1.73. The van der Waals surface area contributed by atoms with Crippen LogP contribution in [-0.2, 0) is 0 Å². The molecule has 5 rings (SSSR count). The highest BCUT2D eigenvalue weighted by molar-refractivity contribution is 5.79. The van der Waals surface area contributed by atoms with E-state index in [1.54, 1.807) is 0 Å². The Hall–Kier alpha value is -1.86. The largest absolute Gasteiger partial charge is 0.334 e. The second-order valence-corrected chi connectivity index (χ2v) is 6.77. The smallest absolute Gasteiger partial charge is 0.0837 e. The summed E-state index contributed by atoms with van der Waals surface area (Å²) in [5.41, 5.74) is 4.11. The molecule has 22 heavy (non-hydrogen) atoms. The van der Waals surface area contributed by atoms with Gasteiger partial charge >= 0.3 is 0 Å². The number of rotatable bonds is 3. The van der Waals surface area contributed by atoms with Gasteiger partial charge in [0.2, 0.25) is 0 Å². The Bertz CT molecular complexity index is 595. The first-order valence-electron chi connectivity index (χ1n) is 8.56. The Morgan fingerprint density at radius 3 is 1.82 bits per heavy atom. The van der Waals surface area contributed by atoms with Gasteiger partial charge in [-0.05, 0) is 22.6 Å². The van der Waals surface area contributed by atoms with Gasteiger partial charge in [-0.15, -0.1) is 0 Å². The van der Waals surface area contributed by atoms with Crippen LogP contribution in [0.4, 0.5) is 0 Å². The quantitative estimate of drug-likeness (QED) is 0.886. The first-order valence-corrected chi connectivity index (χ1v) is 8.56. The summed E-state index contributed by atoms with van der Waals surface area (Å²) in [6.45, 7) is 4.11. The van der Waals surface area contributed by atoms with E-state index in [1.165, 1.54) is 49.2 Å². The number of quaternary nitrogens is 1. The van der Waals surface area contributed by atoms with Crippen molar-refractivity contribution in [3.63, 3.8) is 0 Å². The average Bonchev–Trinajstić information content (AvgIpc) is 2.62. The first-order chi connectivity index (χ1) is 10.9. The predicted octanol–water partition coefficient (Wildman–Crippen LogP) is 3.04. The minimum absolute atomic E-state index is 0.743. The van der Waals surface area contributed by atoms with Gasteiger partial charge < -0.3 is 4.90 Å². The van der Waals surface area contributed by atoms with Gasteiger partial charge in [0.25, 0.3) is 0 Å². The van der Waals surface area contributed by atoms with Crippen LogP contribution in [0.3, 0.4) is 0 Å². The van der Waals surface area contributed by atoms with Gasteiger partial charge in [0.1, 0.15) is 0 Å². The zero-order valence-electron chi connectivity index (χ0n) is 13.0. The molecule has 0 spiro atoms. The Kier molecular flexibility index (Phi) is 3.82. The summed E-state index contributed by atoms with van der Waals surface area (Å²) in [6, 6.07) is 21.8. The molecule has 1 atom stereocenters. The summed E-state index contributed by atoms with van der Waals surface area (Å²) in [7, 11) is 0. The molecule has 1 nitrogen and oxygen atoms in total. The monoisotopic (exact) mass is 290 g/mol. The molecule has 3 aliphatic rings. The van der Waals surface area contributed by atoms with Gasteiger partial charge in [0.15, 0.2) is 0 Å². The van der Waals surface area contributed by atoms with Crippen LogP contribution in [-0.4, -0.2) is 19.6 Å². The summed E-state index contributed by atoms with van der Waals surface area (Å²) in [6.07, 6.45) is 5.40. The lowest BCUT2D eigenvalue weighted by atomic mass is 9.77. The lowest BCUT2D eigenvalue weighted by Crippen LogP contribution is -3.15. The van der Waals surface area contributed by atoms with Crippen molar-refractivity contribution in [3.05, 3.63) is 77.9 Å². The number of hydrogen-bond donors (Lipinski definition) is 1. The molecule has 2 aromatic carbocycles. The minimum atomic E-state index is 0.743. The molecule has 1 N–H and O–H groups in total. The van der Waals surface area contributed by atoms with Crippen molar-refractivity contribution in [2.45, 2.75) is 12.8 Å². The van der Waals surface area contributed by atoms with Gasteiger partial charge in [0, 0.05) is 18.8 Å². The highest BCUT2D eigenvalue weighted by Gasteiger charge is 2.36. The topological polar surface area (TPSA) is 4.44 Å². The molecule has 0 unspecified atom stereocenters. The number of benzene rings is 2. The van der Waals surface area contributed by atoms with Gasteiger partial charge in [-0.25, -0.2) is 0 Å².